The summed E-state index contributed by atoms with van der Waals surface area (Å²) >= 11 is 0. The van der Waals surface area contributed by atoms with Crippen molar-refractivity contribution in [2.75, 3.05) is 6.54 Å². The zero-order chi connectivity index (χ0) is 9.80. The van der Waals surface area contributed by atoms with Gasteiger partial charge in [0.1, 0.15) is 0 Å². The SMILES string of the molecule is CCNC(Cc1cccnc1)C1CC1. The van der Waals surface area contributed by atoms with Crippen molar-refractivity contribution in [2.45, 2.75) is 32.2 Å². The number of nitrogens with one attached hydrogen (secondary N) is 1. The van der Waals surface area contributed by atoms with E-state index in [2.05, 4.69) is 23.3 Å². The Labute approximate surface area is 85.7 Å². The molecule has 0 spiro atoms. The highest BCUT2D eigenvalue weighted by Gasteiger charge is 2.30. The van der Waals surface area contributed by atoms with Crippen LogP contribution < -0.4 is 5.32 Å². The lowest BCUT2D eigenvalue weighted by molar-refractivity contribution is 0.472. The molecular weight excluding hydrogens is 172 g/mol. The van der Waals surface area contributed by atoms with Crippen LogP contribution in [0.5, 0.6) is 0 Å². The summed E-state index contributed by atoms with van der Waals surface area (Å²) in [7, 11) is 0. The predicted molar refractivity (Wildman–Crippen MR) is 58.1 cm³/mol. The molecule has 0 saturated heterocycles. The molecule has 1 aliphatic rings. The monoisotopic (exact) mass is 190 g/mol. The zero-order valence-corrected chi connectivity index (χ0v) is 8.74. The summed E-state index contributed by atoms with van der Waals surface area (Å²) in [4.78, 5) is 4.15. The summed E-state index contributed by atoms with van der Waals surface area (Å²) in [6.07, 6.45) is 7.75. The molecule has 1 saturated carbocycles. The maximum Gasteiger partial charge on any atom is 0.0300 e. The first kappa shape index (κ1) is 9.66. The molecule has 1 N–H and O–H groups in total. The molecule has 0 amide bonds. The standard InChI is InChI=1S/C12H18N2/c1-2-14-12(11-5-6-11)8-10-4-3-7-13-9-10/h3-4,7,9,11-12,14H,2,5-6,8H2,1H3. The second-order valence-electron chi connectivity index (χ2n) is 4.07. The van der Waals surface area contributed by atoms with Crippen LogP contribution in [0.3, 0.4) is 0 Å². The van der Waals surface area contributed by atoms with Crippen LogP contribution in [0.1, 0.15) is 25.3 Å². The smallest absolute Gasteiger partial charge is 0.0300 e. The minimum absolute atomic E-state index is 0.671. The van der Waals surface area contributed by atoms with Gasteiger partial charge in [-0.05, 0) is 43.4 Å². The third-order valence-electron chi connectivity index (χ3n) is 2.84. The van der Waals surface area contributed by atoms with Crippen molar-refractivity contribution in [1.29, 1.82) is 0 Å². The normalized spacial score (nSPS) is 18.1. The number of rotatable bonds is 5. The molecule has 0 bridgehead atoms. The Hall–Kier alpha value is -0.890. The molecule has 2 heteroatoms. The highest BCUT2D eigenvalue weighted by molar-refractivity contribution is 5.11. The van der Waals surface area contributed by atoms with E-state index in [0.717, 1.165) is 18.9 Å². The van der Waals surface area contributed by atoms with Crippen molar-refractivity contribution < 1.29 is 0 Å². The molecule has 2 rings (SSSR count). The molecule has 2 nitrogen and oxygen atoms in total. The Bertz CT molecular complexity index is 267. The van der Waals surface area contributed by atoms with E-state index >= 15 is 0 Å². The number of nitrogens with zero attached hydrogens (tertiary/aromatic N) is 1. The average Bonchev–Trinajstić information content (AvgIpc) is 3.02. The van der Waals surface area contributed by atoms with Gasteiger partial charge in [0.15, 0.2) is 0 Å². The number of hydrogen-bond donors (Lipinski definition) is 1. The minimum Gasteiger partial charge on any atom is -0.314 e. The van der Waals surface area contributed by atoms with Gasteiger partial charge in [-0.15, -0.1) is 0 Å². The molecule has 1 fully saturated rings. The fourth-order valence-corrected chi connectivity index (χ4v) is 1.94. The molecule has 1 atom stereocenters. The number of aromatic nitrogens is 1. The lowest BCUT2D eigenvalue weighted by atomic mass is 10.0. The summed E-state index contributed by atoms with van der Waals surface area (Å²) in [5, 5.41) is 3.57. The molecule has 1 aromatic rings. The van der Waals surface area contributed by atoms with E-state index in [1.54, 1.807) is 0 Å². The van der Waals surface area contributed by atoms with Crippen LogP contribution in [0.4, 0.5) is 0 Å². The van der Waals surface area contributed by atoms with E-state index < -0.39 is 0 Å². The average molecular weight is 190 g/mol. The van der Waals surface area contributed by atoms with Gasteiger partial charge in [0.2, 0.25) is 0 Å². The van der Waals surface area contributed by atoms with E-state index in [4.69, 9.17) is 0 Å². The van der Waals surface area contributed by atoms with Crippen LogP contribution in [-0.2, 0) is 6.42 Å². The van der Waals surface area contributed by atoms with Gasteiger partial charge in [-0.3, -0.25) is 4.98 Å². The molecular formula is C12H18N2. The van der Waals surface area contributed by atoms with Crippen LogP contribution >= 0.6 is 0 Å². The quantitative estimate of drug-likeness (QED) is 0.768. The highest BCUT2D eigenvalue weighted by Crippen LogP contribution is 2.33. The summed E-state index contributed by atoms with van der Waals surface area (Å²) < 4.78 is 0. The summed E-state index contributed by atoms with van der Waals surface area (Å²) in [5.74, 6) is 0.912. The predicted octanol–water partition coefficient (Wildman–Crippen LogP) is 2.01. The van der Waals surface area contributed by atoms with Crippen LogP contribution in [0.15, 0.2) is 24.5 Å². The first-order valence-corrected chi connectivity index (χ1v) is 5.52. The number of likely N-dealkylation sites (N-methyl/N-ethyl adjacent to an activating group) is 1. The van der Waals surface area contributed by atoms with Crippen molar-refractivity contribution in [2.24, 2.45) is 5.92 Å². The lowest BCUT2D eigenvalue weighted by Gasteiger charge is -2.16. The van der Waals surface area contributed by atoms with Crippen molar-refractivity contribution in [3.63, 3.8) is 0 Å². The van der Waals surface area contributed by atoms with Gasteiger partial charge in [-0.1, -0.05) is 13.0 Å². The second kappa shape index (κ2) is 4.56. The Morgan fingerprint density at radius 1 is 1.57 bits per heavy atom. The van der Waals surface area contributed by atoms with Crippen molar-refractivity contribution >= 4 is 0 Å². The van der Waals surface area contributed by atoms with E-state index in [1.165, 1.54) is 18.4 Å². The summed E-state index contributed by atoms with van der Waals surface area (Å²) in [6, 6.07) is 4.86. The lowest BCUT2D eigenvalue weighted by Crippen LogP contribution is -2.32. The largest absolute Gasteiger partial charge is 0.314 e. The second-order valence-corrected chi connectivity index (χ2v) is 4.07. The molecule has 1 aliphatic carbocycles. The van der Waals surface area contributed by atoms with Crippen molar-refractivity contribution in [3.8, 4) is 0 Å². The molecule has 14 heavy (non-hydrogen) atoms. The van der Waals surface area contributed by atoms with Gasteiger partial charge in [-0.2, -0.15) is 0 Å². The molecule has 76 valence electrons. The van der Waals surface area contributed by atoms with Crippen LogP contribution in [0, 0.1) is 5.92 Å². The molecule has 0 radical (unpaired) electrons. The topological polar surface area (TPSA) is 24.9 Å². The van der Waals surface area contributed by atoms with E-state index in [9.17, 15) is 0 Å². The summed E-state index contributed by atoms with van der Waals surface area (Å²) in [6.45, 7) is 3.25. The Morgan fingerprint density at radius 3 is 3.00 bits per heavy atom. The van der Waals surface area contributed by atoms with Gasteiger partial charge in [0, 0.05) is 18.4 Å². The molecule has 1 unspecified atom stereocenters. The number of hydrogen-bond acceptors (Lipinski definition) is 2. The van der Waals surface area contributed by atoms with Gasteiger partial charge in [0.25, 0.3) is 0 Å². The molecule has 0 aliphatic heterocycles. The maximum absolute atomic E-state index is 4.15. The van der Waals surface area contributed by atoms with Gasteiger partial charge in [0.05, 0.1) is 0 Å². The first-order valence-electron chi connectivity index (χ1n) is 5.52. The van der Waals surface area contributed by atoms with Gasteiger partial charge in [-0.25, -0.2) is 0 Å². The van der Waals surface area contributed by atoms with Gasteiger partial charge < -0.3 is 5.32 Å². The third-order valence-corrected chi connectivity index (χ3v) is 2.84. The van der Waals surface area contributed by atoms with Crippen LogP contribution in [0.2, 0.25) is 0 Å². The fourth-order valence-electron chi connectivity index (χ4n) is 1.94. The number of pyridine rings is 1. The van der Waals surface area contributed by atoms with E-state index in [1.807, 2.05) is 18.5 Å². The molecule has 1 aromatic heterocycles. The van der Waals surface area contributed by atoms with Crippen molar-refractivity contribution in [1.82, 2.24) is 10.3 Å². The fraction of sp³-hybridized carbons (Fsp3) is 0.583. The molecule has 1 heterocycles. The first-order chi connectivity index (χ1) is 6.90. The molecule has 0 aromatic carbocycles. The Morgan fingerprint density at radius 2 is 2.43 bits per heavy atom. The highest BCUT2D eigenvalue weighted by atomic mass is 14.9. The minimum atomic E-state index is 0.671. The van der Waals surface area contributed by atoms with E-state index in [-0.39, 0.29) is 0 Å². The van der Waals surface area contributed by atoms with E-state index in [0.29, 0.717) is 6.04 Å². The van der Waals surface area contributed by atoms with Crippen LogP contribution in [-0.4, -0.2) is 17.6 Å². The third kappa shape index (κ3) is 2.55. The zero-order valence-electron chi connectivity index (χ0n) is 8.74. The maximum atomic E-state index is 4.15. The van der Waals surface area contributed by atoms with Crippen molar-refractivity contribution in [3.05, 3.63) is 30.1 Å². The Balaban J connectivity index is 1.93. The Kier molecular flexibility index (Phi) is 3.14. The summed E-state index contributed by atoms with van der Waals surface area (Å²) in [5.41, 5.74) is 1.35. The van der Waals surface area contributed by atoms with Gasteiger partial charge >= 0.3 is 0 Å². The van der Waals surface area contributed by atoms with Crippen LogP contribution in [0.25, 0.3) is 0 Å².